The Hall–Kier alpha value is -2.13. The first-order valence-corrected chi connectivity index (χ1v) is 24.2. The van der Waals surface area contributed by atoms with E-state index in [-0.39, 0.29) is 39.3 Å². The predicted octanol–water partition coefficient (Wildman–Crippen LogP) is 2.08. The quantitative estimate of drug-likeness (QED) is 0.109. The molecule has 7 fully saturated rings. The molecule has 0 unspecified atom stereocenters. The lowest BCUT2D eigenvalue weighted by atomic mass is 9.33. The van der Waals surface area contributed by atoms with Gasteiger partial charge in [-0.1, -0.05) is 54.0 Å². The molecule has 0 bridgehead atoms. The molecule has 0 spiro atoms. The van der Waals surface area contributed by atoms with Crippen LogP contribution in [-0.4, -0.2) is 172 Å². The Labute approximate surface area is 382 Å². The summed E-state index contributed by atoms with van der Waals surface area (Å²) in [4.78, 5) is 41.7. The fourth-order valence-corrected chi connectivity index (χ4v) is 14.9. The SMILES string of the molecule is CC1(C)[C@@H](O[C@@H]2O[C@H](C(=O)O)[C@@H](O)[C@H](O)[C@H]2O[C@@H]2O[C@H](C(=O)O)[C@@H](O)[C@H](O)[C@H]2O)CC[C@]2(C)[C@H]3C(=O)C=C4[C@@H]5C[C@@](C)(CNCCN6CCOCC6)CC[C@]5(C)CC[C@@]4(C)[C@]3(C)CC[C@@H]12. The summed E-state index contributed by atoms with van der Waals surface area (Å²) in [7, 11) is 0. The van der Waals surface area contributed by atoms with Gasteiger partial charge in [0.25, 0.3) is 0 Å². The van der Waals surface area contributed by atoms with E-state index in [0.717, 1.165) is 90.9 Å². The number of ether oxygens (including phenoxy) is 5. The molecule has 17 nitrogen and oxygen atoms in total. The van der Waals surface area contributed by atoms with E-state index >= 15 is 4.79 Å². The van der Waals surface area contributed by atoms with E-state index in [2.05, 4.69) is 64.8 Å². The number of hydrogen-bond acceptors (Lipinski definition) is 15. The second kappa shape index (κ2) is 17.7. The summed E-state index contributed by atoms with van der Waals surface area (Å²) in [5.41, 5.74) is 0.0330. The third-order valence-electron chi connectivity index (χ3n) is 19.1. The van der Waals surface area contributed by atoms with Gasteiger partial charge in [0.05, 0.1) is 19.3 Å². The highest BCUT2D eigenvalue weighted by Crippen LogP contribution is 2.75. The zero-order chi connectivity index (χ0) is 47.2. The third kappa shape index (κ3) is 8.26. The summed E-state index contributed by atoms with van der Waals surface area (Å²) in [6, 6.07) is 0. The zero-order valence-electron chi connectivity index (χ0n) is 39.3. The average molecular weight is 921 g/mol. The number of aliphatic hydroxyl groups excluding tert-OH is 5. The number of fused-ring (bicyclic) bond motifs is 7. The van der Waals surface area contributed by atoms with E-state index in [1.165, 1.54) is 5.57 Å². The molecule has 8 aliphatic rings. The molecule has 368 valence electrons. The van der Waals surface area contributed by atoms with Gasteiger partial charge in [0, 0.05) is 38.6 Å². The maximum atomic E-state index is 15.2. The minimum atomic E-state index is -2.03. The van der Waals surface area contributed by atoms with Crippen molar-refractivity contribution in [3.63, 3.8) is 0 Å². The van der Waals surface area contributed by atoms with Gasteiger partial charge in [0.2, 0.25) is 0 Å². The van der Waals surface area contributed by atoms with Crippen LogP contribution in [0.15, 0.2) is 11.6 Å². The molecule has 3 aliphatic heterocycles. The lowest BCUT2D eigenvalue weighted by Crippen LogP contribution is -2.68. The van der Waals surface area contributed by atoms with Gasteiger partial charge in [0.1, 0.15) is 36.6 Å². The van der Waals surface area contributed by atoms with E-state index in [1.807, 2.05) is 0 Å². The van der Waals surface area contributed by atoms with Crippen molar-refractivity contribution >= 4 is 17.7 Å². The molecular weight excluding hydrogens is 845 g/mol. The van der Waals surface area contributed by atoms with Crippen LogP contribution in [0, 0.1) is 50.2 Å². The maximum Gasteiger partial charge on any atom is 0.335 e. The first kappa shape index (κ1) is 49.3. The second-order valence-corrected chi connectivity index (χ2v) is 23.2. The number of ketones is 1. The van der Waals surface area contributed by atoms with Gasteiger partial charge in [-0.3, -0.25) is 9.69 Å². The Morgan fingerprint density at radius 3 is 2.06 bits per heavy atom. The fourth-order valence-electron chi connectivity index (χ4n) is 14.9. The van der Waals surface area contributed by atoms with Crippen LogP contribution in [0.5, 0.6) is 0 Å². The van der Waals surface area contributed by atoms with Crippen molar-refractivity contribution in [2.24, 2.45) is 50.2 Å². The highest BCUT2D eigenvalue weighted by Gasteiger charge is 2.70. The topological polar surface area (TPSA) is 254 Å². The van der Waals surface area contributed by atoms with Gasteiger partial charge in [-0.25, -0.2) is 9.59 Å². The molecule has 0 amide bonds. The lowest BCUT2D eigenvalue weighted by molar-refractivity contribution is -0.371. The number of carboxylic acid groups (broad SMARTS) is 2. The number of carbonyl (C=O) groups excluding carboxylic acids is 1. The van der Waals surface area contributed by atoms with Crippen LogP contribution in [-0.2, 0) is 38.1 Å². The number of hydrogen-bond donors (Lipinski definition) is 8. The lowest BCUT2D eigenvalue weighted by Gasteiger charge is -2.70. The van der Waals surface area contributed by atoms with E-state index in [4.69, 9.17) is 23.7 Å². The van der Waals surface area contributed by atoms with Crippen LogP contribution in [0.3, 0.4) is 0 Å². The van der Waals surface area contributed by atoms with Crippen molar-refractivity contribution in [3.8, 4) is 0 Å². The van der Waals surface area contributed by atoms with E-state index in [9.17, 15) is 45.3 Å². The molecule has 17 heteroatoms. The van der Waals surface area contributed by atoms with Crippen molar-refractivity contribution in [2.45, 2.75) is 174 Å². The molecule has 65 heavy (non-hydrogen) atoms. The molecule has 3 saturated heterocycles. The summed E-state index contributed by atoms with van der Waals surface area (Å²) in [5, 5.41) is 77.1. The number of aliphatic carboxylic acids is 2. The number of carbonyl (C=O) groups is 3. The minimum absolute atomic E-state index is 0.0325. The number of aliphatic hydroxyl groups is 5. The van der Waals surface area contributed by atoms with Crippen molar-refractivity contribution in [3.05, 3.63) is 11.6 Å². The largest absolute Gasteiger partial charge is 0.479 e. The summed E-state index contributed by atoms with van der Waals surface area (Å²) in [6.45, 7) is 22.6. The molecule has 4 saturated carbocycles. The average Bonchev–Trinajstić information content (AvgIpc) is 3.24. The summed E-state index contributed by atoms with van der Waals surface area (Å²) >= 11 is 0. The molecule has 0 radical (unpaired) electrons. The highest BCUT2D eigenvalue weighted by molar-refractivity contribution is 5.95. The molecule has 8 rings (SSSR count). The standard InChI is InChI=1S/C48H76N2O15/c1-43(2)28-8-11-48(7)38(27(51)22-25-26-23-44(3,12-13-45(26,4)14-15-47(25,48)6)24-49-16-17-50-18-20-61-21-19-50)46(28,5)10-9-29(43)62-42-37(33(55)32(54)36(64-42)40(59)60)65-41-34(56)30(52)31(53)35(63-41)39(57)58/h22,26,28-38,41-42,49,52-56H,8-21,23-24H2,1-7H3,(H,57,58)(H,59,60)/t26-,28-,29-,30-,31-,32-,33-,34+,35-,36-,37+,38+,41-,42+,44-,45+,46-,47+,48+/m0/s1. The van der Waals surface area contributed by atoms with Crippen LogP contribution < -0.4 is 5.32 Å². The Kier molecular flexibility index (Phi) is 13.4. The monoisotopic (exact) mass is 921 g/mol. The van der Waals surface area contributed by atoms with Gasteiger partial charge in [0.15, 0.2) is 30.6 Å². The Balaban J connectivity index is 1.02. The van der Waals surface area contributed by atoms with Crippen molar-refractivity contribution in [1.82, 2.24) is 10.2 Å². The van der Waals surface area contributed by atoms with Crippen LogP contribution in [0.4, 0.5) is 0 Å². The Morgan fingerprint density at radius 2 is 1.40 bits per heavy atom. The molecule has 5 aliphatic carbocycles. The third-order valence-corrected chi connectivity index (χ3v) is 19.1. The number of rotatable bonds is 11. The number of allylic oxidation sites excluding steroid dienone is 2. The maximum absolute atomic E-state index is 15.2. The van der Waals surface area contributed by atoms with Crippen LogP contribution >= 0.6 is 0 Å². The van der Waals surface area contributed by atoms with Gasteiger partial charge in [-0.15, -0.1) is 0 Å². The molecular formula is C48H76N2O15. The van der Waals surface area contributed by atoms with Gasteiger partial charge in [-0.05, 0) is 108 Å². The summed E-state index contributed by atoms with van der Waals surface area (Å²) < 4.78 is 29.2. The first-order chi connectivity index (χ1) is 30.4. The molecule has 8 N–H and O–H groups in total. The number of morpholine rings is 1. The van der Waals surface area contributed by atoms with Crippen LogP contribution in [0.25, 0.3) is 0 Å². The van der Waals surface area contributed by atoms with Crippen LogP contribution in [0.1, 0.15) is 106 Å². The Bertz CT molecular complexity index is 1840. The molecule has 19 atom stereocenters. The number of nitrogens with zero attached hydrogens (tertiary/aromatic N) is 1. The smallest absolute Gasteiger partial charge is 0.335 e. The molecule has 0 aromatic rings. The minimum Gasteiger partial charge on any atom is -0.479 e. The summed E-state index contributed by atoms with van der Waals surface area (Å²) in [6.07, 6.45) is -9.73. The van der Waals surface area contributed by atoms with Gasteiger partial charge in [-0.2, -0.15) is 0 Å². The van der Waals surface area contributed by atoms with Crippen molar-refractivity contribution in [2.75, 3.05) is 45.9 Å². The van der Waals surface area contributed by atoms with Crippen molar-refractivity contribution in [1.29, 1.82) is 0 Å². The number of nitrogens with one attached hydrogen (secondary N) is 1. The molecule has 0 aromatic carbocycles. The van der Waals surface area contributed by atoms with E-state index in [1.54, 1.807) is 0 Å². The summed E-state index contributed by atoms with van der Waals surface area (Å²) in [5.74, 6) is -3.00. The predicted molar refractivity (Wildman–Crippen MR) is 232 cm³/mol. The Morgan fingerprint density at radius 1 is 0.769 bits per heavy atom. The van der Waals surface area contributed by atoms with Crippen LogP contribution in [0.2, 0.25) is 0 Å². The van der Waals surface area contributed by atoms with E-state index < -0.39 is 90.3 Å². The van der Waals surface area contributed by atoms with Gasteiger partial charge >= 0.3 is 11.9 Å². The van der Waals surface area contributed by atoms with Crippen molar-refractivity contribution < 1.29 is 73.8 Å². The second-order valence-electron chi connectivity index (χ2n) is 23.2. The zero-order valence-corrected chi connectivity index (χ0v) is 39.3. The molecule has 0 aromatic heterocycles. The number of carboxylic acids is 2. The normalized spacial score (nSPS) is 50.0. The molecule has 3 heterocycles. The highest BCUT2D eigenvalue weighted by atomic mass is 16.8. The fraction of sp³-hybridized carbons (Fsp3) is 0.896. The van der Waals surface area contributed by atoms with E-state index in [0.29, 0.717) is 18.8 Å². The van der Waals surface area contributed by atoms with Gasteiger partial charge < -0.3 is 64.7 Å². The first-order valence-electron chi connectivity index (χ1n) is 24.2.